The Morgan fingerprint density at radius 2 is 1.97 bits per heavy atom. The van der Waals surface area contributed by atoms with Gasteiger partial charge in [0.25, 0.3) is 0 Å². The van der Waals surface area contributed by atoms with Crippen LogP contribution in [0.4, 0.5) is 10.1 Å². The van der Waals surface area contributed by atoms with E-state index in [2.05, 4.69) is 5.32 Å². The first-order valence-electron chi connectivity index (χ1n) is 9.22. The molecule has 2 amide bonds. The topological polar surface area (TPSA) is 67.9 Å². The van der Waals surface area contributed by atoms with Gasteiger partial charge in [-0.15, -0.1) is 0 Å². The van der Waals surface area contributed by atoms with Crippen LogP contribution in [0.5, 0.6) is 11.5 Å². The van der Waals surface area contributed by atoms with Crippen molar-refractivity contribution < 1.29 is 23.5 Å². The first-order chi connectivity index (χ1) is 13.9. The quantitative estimate of drug-likeness (QED) is 0.652. The molecular weight excluding hydrogens is 375 g/mol. The lowest BCUT2D eigenvalue weighted by atomic mass is 10.2. The fraction of sp³-hybridized carbons (Fsp3) is 0.273. The summed E-state index contributed by atoms with van der Waals surface area (Å²) in [5.41, 5.74) is 1.10. The minimum Gasteiger partial charge on any atom is -0.493 e. The molecule has 0 unspecified atom stereocenters. The number of rotatable bonds is 9. The molecule has 0 fully saturated rings. The molecule has 2 aromatic rings. The molecule has 0 aliphatic carbocycles. The van der Waals surface area contributed by atoms with Crippen molar-refractivity contribution in [2.75, 3.05) is 32.6 Å². The second kappa shape index (κ2) is 10.8. The van der Waals surface area contributed by atoms with Gasteiger partial charge in [-0.25, -0.2) is 4.39 Å². The zero-order valence-electron chi connectivity index (χ0n) is 16.8. The van der Waals surface area contributed by atoms with Crippen molar-refractivity contribution >= 4 is 23.6 Å². The fourth-order valence-corrected chi connectivity index (χ4v) is 2.47. The lowest BCUT2D eigenvalue weighted by Crippen LogP contribution is -2.33. The maximum Gasteiger partial charge on any atom is 0.246 e. The van der Waals surface area contributed by atoms with Crippen LogP contribution in [-0.2, 0) is 9.59 Å². The van der Waals surface area contributed by atoms with Gasteiger partial charge >= 0.3 is 0 Å². The van der Waals surface area contributed by atoms with Crippen molar-refractivity contribution in [3.05, 3.63) is 59.9 Å². The molecule has 0 aromatic heterocycles. The molecule has 6 nitrogen and oxygen atoms in total. The zero-order chi connectivity index (χ0) is 21.2. The van der Waals surface area contributed by atoms with Gasteiger partial charge in [0, 0.05) is 18.8 Å². The molecule has 29 heavy (non-hydrogen) atoms. The van der Waals surface area contributed by atoms with Crippen LogP contribution in [-0.4, -0.2) is 44.0 Å². The van der Waals surface area contributed by atoms with Crippen LogP contribution in [0.3, 0.4) is 0 Å². The molecule has 0 radical (unpaired) electrons. The van der Waals surface area contributed by atoms with E-state index in [0.717, 1.165) is 12.0 Å². The number of halogens is 1. The number of nitrogens with one attached hydrogen (secondary N) is 1. The minimum absolute atomic E-state index is 0.160. The highest BCUT2D eigenvalue weighted by Crippen LogP contribution is 2.28. The van der Waals surface area contributed by atoms with E-state index in [1.165, 1.54) is 36.2 Å². The number of nitrogens with zero attached hydrogens (tertiary/aromatic N) is 1. The fourth-order valence-electron chi connectivity index (χ4n) is 2.47. The van der Waals surface area contributed by atoms with Crippen molar-refractivity contribution in [3.63, 3.8) is 0 Å². The van der Waals surface area contributed by atoms with Gasteiger partial charge in [-0.3, -0.25) is 9.59 Å². The van der Waals surface area contributed by atoms with E-state index < -0.39 is 11.7 Å². The third-order valence-electron chi connectivity index (χ3n) is 3.93. The standard InChI is InChI=1S/C22H25FN2O4/c1-4-12-29-19-10-8-16(13-20(19)28-3)9-11-22(27)25(2)15-21(26)24-18-7-5-6-17(23)14-18/h5-11,13-14H,4,12,15H2,1-3H3,(H,24,26)/b11-9+. The third kappa shape index (κ3) is 6.95. The second-order valence-corrected chi connectivity index (χ2v) is 6.34. The summed E-state index contributed by atoms with van der Waals surface area (Å²) in [5.74, 6) is 0.0140. The van der Waals surface area contributed by atoms with E-state index in [0.29, 0.717) is 23.8 Å². The van der Waals surface area contributed by atoms with Crippen molar-refractivity contribution in [1.29, 1.82) is 0 Å². The number of anilines is 1. The van der Waals surface area contributed by atoms with Gasteiger partial charge in [0.2, 0.25) is 11.8 Å². The summed E-state index contributed by atoms with van der Waals surface area (Å²) in [5, 5.41) is 2.55. The van der Waals surface area contributed by atoms with Crippen LogP contribution in [0.25, 0.3) is 6.08 Å². The molecule has 0 saturated carbocycles. The molecule has 0 spiro atoms. The molecule has 0 bridgehead atoms. The summed E-state index contributed by atoms with van der Waals surface area (Å²) in [7, 11) is 3.07. The maximum absolute atomic E-state index is 13.2. The number of likely N-dealkylation sites (N-methyl/N-ethyl adjacent to an activating group) is 1. The van der Waals surface area contributed by atoms with E-state index in [1.54, 1.807) is 31.4 Å². The van der Waals surface area contributed by atoms with Crippen LogP contribution >= 0.6 is 0 Å². The molecule has 0 saturated heterocycles. The molecule has 2 rings (SSSR count). The molecule has 0 aliphatic heterocycles. The highest BCUT2D eigenvalue weighted by molar-refractivity contribution is 5.97. The van der Waals surface area contributed by atoms with Crippen LogP contribution < -0.4 is 14.8 Å². The average molecular weight is 400 g/mol. The third-order valence-corrected chi connectivity index (χ3v) is 3.93. The van der Waals surface area contributed by atoms with Gasteiger partial charge < -0.3 is 19.7 Å². The van der Waals surface area contributed by atoms with Crippen LogP contribution in [0.2, 0.25) is 0 Å². The van der Waals surface area contributed by atoms with Gasteiger partial charge in [-0.05, 0) is 48.4 Å². The van der Waals surface area contributed by atoms with E-state index in [4.69, 9.17) is 9.47 Å². The normalized spacial score (nSPS) is 10.6. The predicted octanol–water partition coefficient (Wildman–Crippen LogP) is 3.73. The van der Waals surface area contributed by atoms with E-state index in [-0.39, 0.29) is 12.5 Å². The number of methoxy groups -OCH3 is 1. The van der Waals surface area contributed by atoms with Crippen molar-refractivity contribution in [3.8, 4) is 11.5 Å². The lowest BCUT2D eigenvalue weighted by molar-refractivity contribution is -0.129. The summed E-state index contributed by atoms with van der Waals surface area (Å²) in [6.45, 7) is 2.45. The molecule has 0 atom stereocenters. The lowest BCUT2D eigenvalue weighted by Gasteiger charge is -2.15. The van der Waals surface area contributed by atoms with E-state index >= 15 is 0 Å². The summed E-state index contributed by atoms with van der Waals surface area (Å²) in [6, 6.07) is 10.9. The molecule has 0 aliphatic rings. The number of amides is 2. The molecule has 2 aromatic carbocycles. The van der Waals surface area contributed by atoms with Gasteiger partial charge in [0.05, 0.1) is 20.3 Å². The highest BCUT2D eigenvalue weighted by atomic mass is 19.1. The van der Waals surface area contributed by atoms with Crippen LogP contribution in [0.15, 0.2) is 48.5 Å². The number of carbonyl (C=O) groups excluding carboxylic acids is 2. The monoisotopic (exact) mass is 400 g/mol. The Labute approximate surface area is 169 Å². The Balaban J connectivity index is 1.94. The van der Waals surface area contributed by atoms with E-state index in [1.807, 2.05) is 13.0 Å². The number of hydrogen-bond donors (Lipinski definition) is 1. The molecule has 1 N–H and O–H groups in total. The highest BCUT2D eigenvalue weighted by Gasteiger charge is 2.11. The predicted molar refractivity (Wildman–Crippen MR) is 110 cm³/mol. The summed E-state index contributed by atoms with van der Waals surface area (Å²) < 4.78 is 24.1. The van der Waals surface area contributed by atoms with Crippen molar-refractivity contribution in [2.24, 2.45) is 0 Å². The zero-order valence-corrected chi connectivity index (χ0v) is 16.8. The molecule has 0 heterocycles. The molecule has 7 heteroatoms. The Kier molecular flexibility index (Phi) is 8.21. The van der Waals surface area contributed by atoms with Gasteiger partial charge in [0.1, 0.15) is 5.82 Å². The van der Waals surface area contributed by atoms with Crippen molar-refractivity contribution in [1.82, 2.24) is 4.90 Å². The number of ether oxygens (including phenoxy) is 2. The van der Waals surface area contributed by atoms with E-state index in [9.17, 15) is 14.0 Å². The van der Waals surface area contributed by atoms with Crippen LogP contribution in [0.1, 0.15) is 18.9 Å². The van der Waals surface area contributed by atoms with Gasteiger partial charge in [0.15, 0.2) is 11.5 Å². The Morgan fingerprint density at radius 3 is 2.66 bits per heavy atom. The largest absolute Gasteiger partial charge is 0.493 e. The summed E-state index contributed by atoms with van der Waals surface area (Å²) in [6.07, 6.45) is 3.89. The molecular formula is C22H25FN2O4. The summed E-state index contributed by atoms with van der Waals surface area (Å²) in [4.78, 5) is 25.6. The first-order valence-corrected chi connectivity index (χ1v) is 9.22. The number of carbonyl (C=O) groups is 2. The Morgan fingerprint density at radius 1 is 1.17 bits per heavy atom. The molecule has 154 valence electrons. The van der Waals surface area contributed by atoms with Crippen molar-refractivity contribution in [2.45, 2.75) is 13.3 Å². The first kappa shape index (κ1) is 21.9. The number of benzene rings is 2. The van der Waals surface area contributed by atoms with Gasteiger partial charge in [-0.1, -0.05) is 19.1 Å². The number of hydrogen-bond acceptors (Lipinski definition) is 4. The Hall–Kier alpha value is -3.35. The summed E-state index contributed by atoms with van der Waals surface area (Å²) >= 11 is 0. The SMILES string of the molecule is CCCOc1ccc(/C=C/C(=O)N(C)CC(=O)Nc2cccc(F)c2)cc1OC. The Bertz CT molecular complexity index is 883. The van der Waals surface area contributed by atoms with Gasteiger partial charge in [-0.2, -0.15) is 0 Å². The van der Waals surface area contributed by atoms with Crippen LogP contribution in [0, 0.1) is 5.82 Å². The maximum atomic E-state index is 13.2. The second-order valence-electron chi connectivity index (χ2n) is 6.34. The minimum atomic E-state index is -0.447. The average Bonchev–Trinajstić information content (AvgIpc) is 2.70. The smallest absolute Gasteiger partial charge is 0.246 e.